The van der Waals surface area contributed by atoms with Crippen molar-refractivity contribution in [3.05, 3.63) is 64.7 Å². The van der Waals surface area contributed by atoms with Gasteiger partial charge in [-0.3, -0.25) is 4.79 Å². The smallest absolute Gasteiger partial charge is 0.410 e. The highest BCUT2D eigenvalue weighted by atomic mass is 16.6. The summed E-state index contributed by atoms with van der Waals surface area (Å²) in [4.78, 5) is 46.2. The molecule has 6 rings (SSSR count). The third-order valence-electron chi connectivity index (χ3n) is 10.4. The molecule has 4 heterocycles. The van der Waals surface area contributed by atoms with Crippen LogP contribution in [0.1, 0.15) is 62.2 Å². The van der Waals surface area contributed by atoms with Crippen molar-refractivity contribution in [2.24, 2.45) is 11.8 Å². The van der Waals surface area contributed by atoms with Crippen LogP contribution in [0.5, 0.6) is 0 Å². The lowest BCUT2D eigenvalue weighted by molar-refractivity contribution is -0.142. The van der Waals surface area contributed by atoms with Gasteiger partial charge in [0.05, 0.1) is 0 Å². The summed E-state index contributed by atoms with van der Waals surface area (Å²) < 4.78 is 6.09. The Labute approximate surface area is 269 Å². The summed E-state index contributed by atoms with van der Waals surface area (Å²) in [6, 6.07) is 14.2. The fraction of sp³-hybridized carbons (Fsp3) is 0.583. The van der Waals surface area contributed by atoms with E-state index in [0.717, 1.165) is 79.3 Å². The largest absolute Gasteiger partial charge is 0.436 e. The van der Waals surface area contributed by atoms with Gasteiger partial charge in [0.25, 0.3) is 5.91 Å². The van der Waals surface area contributed by atoms with E-state index in [9.17, 15) is 14.4 Å². The Kier molecular flexibility index (Phi) is 9.93. The van der Waals surface area contributed by atoms with Crippen LogP contribution in [-0.2, 0) is 22.4 Å². The van der Waals surface area contributed by atoms with Crippen molar-refractivity contribution in [2.45, 2.75) is 77.4 Å². The van der Waals surface area contributed by atoms with Crippen LogP contribution in [0.25, 0.3) is 0 Å². The SMILES string of the molecule is Cc1cc(C)cc(C[C@@H](OC(=O)N2CCC(N3CCc4ccccc4NC3=O)CC2)C(=O)N2CCC(C3CCNCC3)CC2)c1.[HH]. The van der Waals surface area contributed by atoms with Gasteiger partial charge in [0.1, 0.15) is 0 Å². The Bertz CT molecular complexity index is 1350. The van der Waals surface area contributed by atoms with Gasteiger partial charge in [0, 0.05) is 52.3 Å². The van der Waals surface area contributed by atoms with E-state index in [-0.39, 0.29) is 19.4 Å². The van der Waals surface area contributed by atoms with Crippen molar-refractivity contribution in [2.75, 3.05) is 51.1 Å². The molecule has 1 atom stereocenters. The first-order chi connectivity index (χ1) is 21.8. The van der Waals surface area contributed by atoms with E-state index < -0.39 is 12.2 Å². The standard InChI is InChI=1S/C36H49N5O4.H2/c1-25-21-26(2)23-27(22-25)24-33(34(42)39-16-9-29(10-17-39)28-7-14-37-15-8-28)45-36(44)40-18-12-31(13-19-40)41-20-11-30-5-3-4-6-32(30)38-35(41)43;/h3-6,21-23,28-29,31,33,37H,7-20,24H2,1-2H3,(H,38,43);1H/t33-;/m1./s1. The molecule has 0 bridgehead atoms. The average molecular weight is 618 g/mol. The minimum Gasteiger partial charge on any atom is -0.436 e. The molecule has 9 nitrogen and oxygen atoms in total. The maximum Gasteiger partial charge on any atom is 0.410 e. The molecule has 244 valence electrons. The maximum atomic E-state index is 14.0. The predicted octanol–water partition coefficient (Wildman–Crippen LogP) is 5.39. The van der Waals surface area contributed by atoms with Crippen molar-refractivity contribution in [1.29, 1.82) is 0 Å². The molecular weight excluding hydrogens is 566 g/mol. The lowest BCUT2D eigenvalue weighted by atomic mass is 9.79. The van der Waals surface area contributed by atoms with Crippen LogP contribution in [0.15, 0.2) is 42.5 Å². The molecule has 3 fully saturated rings. The first-order valence-electron chi connectivity index (χ1n) is 17.0. The lowest BCUT2D eigenvalue weighted by Gasteiger charge is -2.39. The third kappa shape index (κ3) is 7.63. The normalized spacial score (nSPS) is 21.1. The predicted molar refractivity (Wildman–Crippen MR) is 177 cm³/mol. The van der Waals surface area contributed by atoms with Crippen LogP contribution < -0.4 is 10.6 Å². The number of carbonyl (C=O) groups excluding carboxylic acids is 3. The van der Waals surface area contributed by atoms with Crippen LogP contribution in [0, 0.1) is 25.7 Å². The van der Waals surface area contributed by atoms with E-state index in [0.29, 0.717) is 44.8 Å². The van der Waals surface area contributed by atoms with E-state index in [1.165, 1.54) is 12.8 Å². The first kappa shape index (κ1) is 31.4. The highest BCUT2D eigenvalue weighted by Crippen LogP contribution is 2.31. The zero-order valence-electron chi connectivity index (χ0n) is 26.9. The second-order valence-electron chi connectivity index (χ2n) is 13.6. The summed E-state index contributed by atoms with van der Waals surface area (Å²) in [5.41, 5.74) is 5.29. The summed E-state index contributed by atoms with van der Waals surface area (Å²) in [5, 5.41) is 6.52. The number of aryl methyl sites for hydroxylation is 2. The summed E-state index contributed by atoms with van der Waals surface area (Å²) in [7, 11) is 0. The Hall–Kier alpha value is -3.59. The minimum absolute atomic E-state index is 0. The van der Waals surface area contributed by atoms with Crippen molar-refractivity contribution in [3.63, 3.8) is 0 Å². The summed E-state index contributed by atoms with van der Waals surface area (Å²) in [6.45, 7) is 9.37. The number of ether oxygens (including phenoxy) is 1. The number of fused-ring (bicyclic) bond motifs is 1. The number of nitrogens with zero attached hydrogens (tertiary/aromatic N) is 3. The highest BCUT2D eigenvalue weighted by Gasteiger charge is 2.36. The Balaban J connectivity index is 0.00000417. The van der Waals surface area contributed by atoms with E-state index >= 15 is 0 Å². The molecule has 2 aromatic rings. The Morgan fingerprint density at radius 2 is 1.51 bits per heavy atom. The number of benzene rings is 2. The number of likely N-dealkylation sites (tertiary alicyclic amines) is 2. The molecule has 2 aromatic carbocycles. The fourth-order valence-electron chi connectivity index (χ4n) is 7.99. The van der Waals surface area contributed by atoms with Crippen LogP contribution in [0.2, 0.25) is 0 Å². The van der Waals surface area contributed by atoms with E-state index in [4.69, 9.17) is 4.74 Å². The molecule has 0 unspecified atom stereocenters. The zero-order chi connectivity index (χ0) is 31.3. The van der Waals surface area contributed by atoms with Gasteiger partial charge in [-0.05, 0) is 101 Å². The maximum absolute atomic E-state index is 14.0. The first-order valence-corrected chi connectivity index (χ1v) is 17.0. The molecule has 4 aliphatic rings. The van der Waals surface area contributed by atoms with Gasteiger partial charge in [0.2, 0.25) is 0 Å². The van der Waals surface area contributed by atoms with E-state index in [1.54, 1.807) is 4.90 Å². The quantitative estimate of drug-likeness (QED) is 0.454. The van der Waals surface area contributed by atoms with Gasteiger partial charge in [-0.15, -0.1) is 0 Å². The minimum atomic E-state index is -0.859. The molecule has 0 spiro atoms. The molecule has 0 aromatic heterocycles. The van der Waals surface area contributed by atoms with Gasteiger partial charge in [0.15, 0.2) is 6.10 Å². The molecule has 0 saturated carbocycles. The molecule has 3 saturated heterocycles. The topological polar surface area (TPSA) is 94.2 Å². The molecule has 4 aliphatic heterocycles. The molecule has 0 aliphatic carbocycles. The molecule has 0 radical (unpaired) electrons. The zero-order valence-corrected chi connectivity index (χ0v) is 26.9. The Morgan fingerprint density at radius 1 is 0.867 bits per heavy atom. The summed E-state index contributed by atoms with van der Waals surface area (Å²) >= 11 is 0. The number of hydrogen-bond acceptors (Lipinski definition) is 5. The number of anilines is 1. The molecule has 2 N–H and O–H groups in total. The number of amides is 4. The number of rotatable bonds is 6. The second-order valence-corrected chi connectivity index (χ2v) is 13.6. The van der Waals surface area contributed by atoms with Gasteiger partial charge < -0.3 is 30.1 Å². The van der Waals surface area contributed by atoms with Gasteiger partial charge in [-0.1, -0.05) is 47.5 Å². The van der Waals surface area contributed by atoms with Crippen LogP contribution >= 0.6 is 0 Å². The number of nitrogens with one attached hydrogen (secondary N) is 2. The highest BCUT2D eigenvalue weighted by molar-refractivity contribution is 5.91. The number of hydrogen-bond donors (Lipinski definition) is 2. The summed E-state index contributed by atoms with van der Waals surface area (Å²) in [5.74, 6) is 1.33. The summed E-state index contributed by atoms with van der Waals surface area (Å²) in [6.07, 6.45) is 5.71. The van der Waals surface area contributed by atoms with Crippen molar-refractivity contribution >= 4 is 23.7 Å². The van der Waals surface area contributed by atoms with Gasteiger partial charge >= 0.3 is 12.1 Å². The van der Waals surface area contributed by atoms with Gasteiger partial charge in [-0.2, -0.15) is 0 Å². The average Bonchev–Trinajstić information content (AvgIpc) is 3.22. The second kappa shape index (κ2) is 14.2. The molecule has 45 heavy (non-hydrogen) atoms. The van der Waals surface area contributed by atoms with Crippen LogP contribution in [0.4, 0.5) is 15.3 Å². The van der Waals surface area contributed by atoms with E-state index in [2.05, 4.69) is 48.7 Å². The van der Waals surface area contributed by atoms with Crippen molar-refractivity contribution < 1.29 is 20.5 Å². The molecular formula is C36H51N5O4. The lowest BCUT2D eigenvalue weighted by Crippen LogP contribution is -2.52. The molecule has 4 amide bonds. The number of para-hydroxylation sites is 1. The van der Waals surface area contributed by atoms with Crippen molar-refractivity contribution in [3.8, 4) is 0 Å². The van der Waals surface area contributed by atoms with Crippen LogP contribution in [0.3, 0.4) is 0 Å². The molecule has 9 heteroatoms. The number of urea groups is 1. The number of carbonyl (C=O) groups is 3. The third-order valence-corrected chi connectivity index (χ3v) is 10.4. The monoisotopic (exact) mass is 617 g/mol. The number of piperidine rings is 3. The van der Waals surface area contributed by atoms with E-state index in [1.807, 2.05) is 28.0 Å². The van der Waals surface area contributed by atoms with Crippen LogP contribution in [-0.4, -0.2) is 90.7 Å². The fourth-order valence-corrected chi connectivity index (χ4v) is 7.99. The van der Waals surface area contributed by atoms with Gasteiger partial charge in [-0.25, -0.2) is 9.59 Å². The van der Waals surface area contributed by atoms with Crippen molar-refractivity contribution in [1.82, 2.24) is 20.0 Å². The Morgan fingerprint density at radius 3 is 2.22 bits per heavy atom.